The highest BCUT2D eigenvalue weighted by Gasteiger charge is 2.64. The Balaban J connectivity index is 2.37. The first-order valence-electron chi connectivity index (χ1n) is 5.89. The number of rotatable bonds is 5. The van der Waals surface area contributed by atoms with Crippen LogP contribution >= 0.6 is 0 Å². The van der Waals surface area contributed by atoms with Crippen molar-refractivity contribution in [2.24, 2.45) is 0 Å². The fourth-order valence-corrected chi connectivity index (χ4v) is 1.77. The van der Waals surface area contributed by atoms with Crippen molar-refractivity contribution in [2.75, 3.05) is 17.2 Å². The van der Waals surface area contributed by atoms with Crippen LogP contribution in [0, 0.1) is 10.1 Å². The van der Waals surface area contributed by atoms with Crippen molar-refractivity contribution in [3.8, 4) is 0 Å². The molecule has 7 nitrogen and oxygen atoms in total. The molecule has 1 aliphatic rings. The summed E-state index contributed by atoms with van der Waals surface area (Å²) < 4.78 is 38.6. The molecule has 2 rings (SSSR count). The lowest BCUT2D eigenvalue weighted by molar-refractivity contribution is -0.383. The Kier molecular flexibility index (Phi) is 3.40. The van der Waals surface area contributed by atoms with Crippen molar-refractivity contribution in [1.29, 1.82) is 0 Å². The number of aromatic nitrogens is 2. The second-order valence-corrected chi connectivity index (χ2v) is 4.41. The zero-order valence-electron chi connectivity index (χ0n) is 10.5. The van der Waals surface area contributed by atoms with Gasteiger partial charge in [-0.25, -0.2) is 9.97 Å². The Bertz CT molecular complexity index is 530. The standard InChI is InChI=1S/C10H12F3N5O2/c1-2-14-7-6(18(19)20)8(16-5-15-7)17-9(3-4-9)10(11,12)13/h5H,2-4H2,1H3,(H2,14,15,16,17). The Morgan fingerprint density at radius 1 is 1.40 bits per heavy atom. The second kappa shape index (κ2) is 4.76. The van der Waals surface area contributed by atoms with Crippen molar-refractivity contribution in [3.05, 3.63) is 16.4 Å². The predicted molar refractivity (Wildman–Crippen MR) is 64.5 cm³/mol. The van der Waals surface area contributed by atoms with Gasteiger partial charge in [-0.2, -0.15) is 13.2 Å². The molecule has 10 heteroatoms. The molecule has 0 radical (unpaired) electrons. The summed E-state index contributed by atoms with van der Waals surface area (Å²) in [6, 6.07) is 0. The van der Waals surface area contributed by atoms with Gasteiger partial charge in [-0.15, -0.1) is 0 Å². The average molecular weight is 291 g/mol. The van der Waals surface area contributed by atoms with Crippen molar-refractivity contribution < 1.29 is 18.1 Å². The van der Waals surface area contributed by atoms with Gasteiger partial charge >= 0.3 is 11.9 Å². The molecule has 0 amide bonds. The van der Waals surface area contributed by atoms with Gasteiger partial charge in [0.15, 0.2) is 0 Å². The van der Waals surface area contributed by atoms with Crippen LogP contribution in [0.2, 0.25) is 0 Å². The third kappa shape index (κ3) is 2.45. The Hall–Kier alpha value is -2.13. The van der Waals surface area contributed by atoms with E-state index in [4.69, 9.17) is 0 Å². The normalized spacial score (nSPS) is 16.6. The fourth-order valence-electron chi connectivity index (χ4n) is 1.77. The first-order chi connectivity index (χ1) is 9.31. The van der Waals surface area contributed by atoms with E-state index in [-0.39, 0.29) is 18.7 Å². The number of alkyl halides is 3. The van der Waals surface area contributed by atoms with Crippen LogP contribution in [0.25, 0.3) is 0 Å². The predicted octanol–water partition coefficient (Wildman–Crippen LogP) is 2.32. The molecule has 0 aromatic carbocycles. The fraction of sp³-hybridized carbons (Fsp3) is 0.600. The maximum atomic E-state index is 12.9. The highest BCUT2D eigenvalue weighted by molar-refractivity contribution is 5.70. The SMILES string of the molecule is CCNc1ncnc(NC2(C(F)(F)F)CC2)c1[N+](=O)[O-]. The number of halogens is 3. The van der Waals surface area contributed by atoms with Crippen LogP contribution in [0.1, 0.15) is 19.8 Å². The molecule has 1 heterocycles. The number of nitrogens with one attached hydrogen (secondary N) is 2. The molecule has 0 spiro atoms. The van der Waals surface area contributed by atoms with Gasteiger partial charge in [-0.1, -0.05) is 0 Å². The van der Waals surface area contributed by atoms with Crippen molar-refractivity contribution in [3.63, 3.8) is 0 Å². The van der Waals surface area contributed by atoms with Crippen LogP contribution in [0.15, 0.2) is 6.33 Å². The van der Waals surface area contributed by atoms with E-state index in [1.54, 1.807) is 6.92 Å². The minimum Gasteiger partial charge on any atom is -0.364 e. The number of nitro groups is 1. The monoisotopic (exact) mass is 291 g/mol. The summed E-state index contributed by atoms with van der Waals surface area (Å²) in [6.45, 7) is 2.04. The zero-order chi connectivity index (χ0) is 15.0. The van der Waals surface area contributed by atoms with Crippen LogP contribution in [0.3, 0.4) is 0 Å². The molecule has 0 aliphatic heterocycles. The maximum Gasteiger partial charge on any atom is 0.411 e. The van der Waals surface area contributed by atoms with Crippen LogP contribution in [-0.4, -0.2) is 33.2 Å². The van der Waals surface area contributed by atoms with Gasteiger partial charge in [0.25, 0.3) is 0 Å². The summed E-state index contributed by atoms with van der Waals surface area (Å²) in [5, 5.41) is 15.8. The molecule has 1 aliphatic carbocycles. The number of anilines is 2. The Morgan fingerprint density at radius 3 is 2.45 bits per heavy atom. The van der Waals surface area contributed by atoms with Gasteiger partial charge in [-0.05, 0) is 19.8 Å². The lowest BCUT2D eigenvalue weighted by Gasteiger charge is -2.21. The summed E-state index contributed by atoms with van der Waals surface area (Å²) in [4.78, 5) is 17.5. The minimum absolute atomic E-state index is 0.104. The molecule has 0 bridgehead atoms. The third-order valence-electron chi connectivity index (χ3n) is 3.00. The number of hydrogen-bond donors (Lipinski definition) is 2. The largest absolute Gasteiger partial charge is 0.411 e. The van der Waals surface area contributed by atoms with Crippen LogP contribution < -0.4 is 10.6 Å². The van der Waals surface area contributed by atoms with Gasteiger partial charge in [0, 0.05) is 6.54 Å². The summed E-state index contributed by atoms with van der Waals surface area (Å²) in [7, 11) is 0. The number of hydrogen-bond acceptors (Lipinski definition) is 6. The van der Waals surface area contributed by atoms with Crippen molar-refractivity contribution >= 4 is 17.3 Å². The van der Waals surface area contributed by atoms with E-state index in [9.17, 15) is 23.3 Å². The topological polar surface area (TPSA) is 93.0 Å². The number of nitrogens with zero attached hydrogens (tertiary/aromatic N) is 3. The summed E-state index contributed by atoms with van der Waals surface area (Å²) in [5.41, 5.74) is -2.69. The molecule has 110 valence electrons. The van der Waals surface area contributed by atoms with E-state index >= 15 is 0 Å². The Morgan fingerprint density at radius 2 is 2.00 bits per heavy atom. The second-order valence-electron chi connectivity index (χ2n) is 4.41. The van der Waals surface area contributed by atoms with Crippen LogP contribution in [0.4, 0.5) is 30.5 Å². The highest BCUT2D eigenvalue weighted by Crippen LogP contribution is 2.52. The summed E-state index contributed by atoms with van der Waals surface area (Å²) in [6.07, 6.45) is -3.76. The molecule has 1 aromatic heterocycles. The minimum atomic E-state index is -4.48. The molecule has 0 saturated heterocycles. The van der Waals surface area contributed by atoms with E-state index in [0.717, 1.165) is 6.33 Å². The third-order valence-corrected chi connectivity index (χ3v) is 3.00. The van der Waals surface area contributed by atoms with Crippen molar-refractivity contribution in [2.45, 2.75) is 31.5 Å². The Labute approximate surface area is 111 Å². The molecule has 0 atom stereocenters. The molecular formula is C10H12F3N5O2. The van der Waals surface area contributed by atoms with E-state index in [1.807, 2.05) is 0 Å². The summed E-state index contributed by atoms with van der Waals surface area (Å²) >= 11 is 0. The lowest BCUT2D eigenvalue weighted by Crippen LogP contribution is -2.39. The molecule has 1 saturated carbocycles. The quantitative estimate of drug-likeness (QED) is 0.639. The lowest BCUT2D eigenvalue weighted by atomic mass is 10.2. The molecular weight excluding hydrogens is 279 g/mol. The van der Waals surface area contributed by atoms with Gasteiger partial charge in [0.05, 0.1) is 4.92 Å². The molecule has 1 fully saturated rings. The van der Waals surface area contributed by atoms with E-state index in [1.165, 1.54) is 0 Å². The zero-order valence-corrected chi connectivity index (χ0v) is 10.5. The highest BCUT2D eigenvalue weighted by atomic mass is 19.4. The van der Waals surface area contributed by atoms with Gasteiger partial charge < -0.3 is 10.6 Å². The molecule has 2 N–H and O–H groups in total. The smallest absolute Gasteiger partial charge is 0.364 e. The van der Waals surface area contributed by atoms with Crippen LogP contribution in [0.5, 0.6) is 0 Å². The molecule has 1 aromatic rings. The van der Waals surface area contributed by atoms with Gasteiger partial charge in [-0.3, -0.25) is 10.1 Å². The first kappa shape index (κ1) is 14.3. The maximum absolute atomic E-state index is 12.9. The molecule has 20 heavy (non-hydrogen) atoms. The van der Waals surface area contributed by atoms with E-state index < -0.39 is 28.1 Å². The van der Waals surface area contributed by atoms with Gasteiger partial charge in [0.2, 0.25) is 11.6 Å². The van der Waals surface area contributed by atoms with Crippen molar-refractivity contribution in [1.82, 2.24) is 9.97 Å². The first-order valence-corrected chi connectivity index (χ1v) is 5.89. The van der Waals surface area contributed by atoms with Gasteiger partial charge in [0.1, 0.15) is 11.9 Å². The molecule has 0 unspecified atom stereocenters. The van der Waals surface area contributed by atoms with Crippen LogP contribution in [-0.2, 0) is 0 Å². The average Bonchev–Trinajstić information content (AvgIpc) is 3.09. The van der Waals surface area contributed by atoms with E-state index in [0.29, 0.717) is 6.54 Å². The summed E-state index contributed by atoms with van der Waals surface area (Å²) in [5.74, 6) is -0.524. The van der Waals surface area contributed by atoms with E-state index in [2.05, 4.69) is 20.6 Å².